The topological polar surface area (TPSA) is 50.4 Å². The maximum Gasteiger partial charge on any atom is 0.326 e. The largest absolute Gasteiger partial charge is 0.468 e. The zero-order valence-corrected chi connectivity index (χ0v) is 9.51. The molecule has 0 spiro atoms. The van der Waals surface area contributed by atoms with Gasteiger partial charge < -0.3 is 10.1 Å². The molecule has 0 aromatic rings. The van der Waals surface area contributed by atoms with Crippen LogP contribution in [0, 0.1) is 5.92 Å². The van der Waals surface area contributed by atoms with Gasteiger partial charge in [-0.1, -0.05) is 6.92 Å². The minimum atomic E-state index is -0.443. The van der Waals surface area contributed by atoms with Crippen molar-refractivity contribution in [3.8, 4) is 0 Å². The molecule has 2 unspecified atom stereocenters. The fraction of sp³-hybridized carbons (Fsp3) is 0.909. The Bertz CT molecular complexity index is 253. The van der Waals surface area contributed by atoms with Crippen molar-refractivity contribution >= 4 is 5.97 Å². The van der Waals surface area contributed by atoms with Crippen LogP contribution in [0.2, 0.25) is 0 Å². The maximum atomic E-state index is 12.0. The SMILES string of the molecule is COC(=O)C1(NC2CC2)CCNCC1C. The van der Waals surface area contributed by atoms with Crippen molar-refractivity contribution in [1.29, 1.82) is 0 Å². The molecule has 15 heavy (non-hydrogen) atoms. The highest BCUT2D eigenvalue weighted by molar-refractivity contribution is 5.81. The monoisotopic (exact) mass is 212 g/mol. The molecule has 2 rings (SSSR count). The van der Waals surface area contributed by atoms with E-state index < -0.39 is 5.54 Å². The molecule has 1 saturated carbocycles. The molecular formula is C11H20N2O2. The smallest absolute Gasteiger partial charge is 0.326 e. The summed E-state index contributed by atoms with van der Waals surface area (Å²) in [6, 6.07) is 0.532. The number of piperidine rings is 1. The first-order valence-electron chi connectivity index (χ1n) is 5.76. The van der Waals surface area contributed by atoms with E-state index in [0.29, 0.717) is 12.0 Å². The van der Waals surface area contributed by atoms with E-state index in [1.807, 2.05) is 0 Å². The van der Waals surface area contributed by atoms with Gasteiger partial charge in [-0.3, -0.25) is 10.1 Å². The van der Waals surface area contributed by atoms with Crippen LogP contribution >= 0.6 is 0 Å². The van der Waals surface area contributed by atoms with Crippen molar-refractivity contribution in [2.75, 3.05) is 20.2 Å². The van der Waals surface area contributed by atoms with E-state index >= 15 is 0 Å². The van der Waals surface area contributed by atoms with E-state index in [9.17, 15) is 4.79 Å². The highest BCUT2D eigenvalue weighted by Crippen LogP contribution is 2.31. The van der Waals surface area contributed by atoms with Crippen LogP contribution in [-0.4, -0.2) is 37.7 Å². The molecule has 2 N–H and O–H groups in total. The van der Waals surface area contributed by atoms with Crippen molar-refractivity contribution in [2.24, 2.45) is 5.92 Å². The number of rotatable bonds is 3. The average molecular weight is 212 g/mol. The number of ether oxygens (including phenoxy) is 1. The molecule has 4 nitrogen and oxygen atoms in total. The second-order valence-corrected chi connectivity index (χ2v) is 4.74. The predicted octanol–water partition coefficient (Wildman–Crippen LogP) is 0.280. The summed E-state index contributed by atoms with van der Waals surface area (Å²) in [4.78, 5) is 12.0. The lowest BCUT2D eigenvalue weighted by Gasteiger charge is -2.41. The van der Waals surface area contributed by atoms with E-state index in [-0.39, 0.29) is 5.97 Å². The highest BCUT2D eigenvalue weighted by Gasteiger charge is 2.48. The standard InChI is InChI=1S/C11H20N2O2/c1-8-7-12-6-5-11(8,10(14)15-2)13-9-3-4-9/h8-9,12-13H,3-7H2,1-2H3. The number of carbonyl (C=O) groups excluding carboxylic acids is 1. The molecule has 2 fully saturated rings. The van der Waals surface area contributed by atoms with E-state index in [2.05, 4.69) is 17.6 Å². The lowest BCUT2D eigenvalue weighted by molar-refractivity contribution is -0.152. The zero-order chi connectivity index (χ0) is 10.9. The van der Waals surface area contributed by atoms with Gasteiger partial charge in [0.25, 0.3) is 0 Å². The maximum absolute atomic E-state index is 12.0. The lowest BCUT2D eigenvalue weighted by atomic mass is 9.79. The van der Waals surface area contributed by atoms with Crippen LogP contribution in [0.25, 0.3) is 0 Å². The van der Waals surface area contributed by atoms with Crippen molar-refractivity contribution in [1.82, 2.24) is 10.6 Å². The Kier molecular flexibility index (Phi) is 2.98. The Morgan fingerprint density at radius 3 is 2.80 bits per heavy atom. The molecule has 0 aromatic carbocycles. The van der Waals surface area contributed by atoms with Gasteiger partial charge in [-0.2, -0.15) is 0 Å². The molecule has 1 aliphatic carbocycles. The third kappa shape index (κ3) is 2.01. The summed E-state index contributed by atoms with van der Waals surface area (Å²) in [5.41, 5.74) is -0.443. The summed E-state index contributed by atoms with van der Waals surface area (Å²) in [7, 11) is 1.48. The first-order valence-corrected chi connectivity index (χ1v) is 5.76. The number of carbonyl (C=O) groups is 1. The minimum Gasteiger partial charge on any atom is -0.468 e. The van der Waals surface area contributed by atoms with Crippen LogP contribution in [0.1, 0.15) is 26.2 Å². The van der Waals surface area contributed by atoms with E-state index in [1.54, 1.807) is 0 Å². The number of nitrogens with one attached hydrogen (secondary N) is 2. The zero-order valence-electron chi connectivity index (χ0n) is 9.51. The molecule has 0 bridgehead atoms. The van der Waals surface area contributed by atoms with Gasteiger partial charge in [0.2, 0.25) is 0 Å². The Morgan fingerprint density at radius 1 is 1.53 bits per heavy atom. The van der Waals surface area contributed by atoms with Crippen LogP contribution in [-0.2, 0) is 9.53 Å². The van der Waals surface area contributed by atoms with Crippen LogP contribution in [0.4, 0.5) is 0 Å². The van der Waals surface area contributed by atoms with Gasteiger partial charge in [0.1, 0.15) is 5.54 Å². The molecule has 0 aromatic heterocycles. The number of methoxy groups -OCH3 is 1. The van der Waals surface area contributed by atoms with Gasteiger partial charge in [-0.25, -0.2) is 0 Å². The number of hydrogen-bond donors (Lipinski definition) is 2. The average Bonchev–Trinajstić information content (AvgIpc) is 3.04. The van der Waals surface area contributed by atoms with Crippen molar-refractivity contribution < 1.29 is 9.53 Å². The molecule has 0 radical (unpaired) electrons. The van der Waals surface area contributed by atoms with Crippen LogP contribution in [0.3, 0.4) is 0 Å². The van der Waals surface area contributed by atoms with Crippen molar-refractivity contribution in [3.05, 3.63) is 0 Å². The minimum absolute atomic E-state index is 0.0941. The molecule has 2 aliphatic rings. The number of hydrogen-bond acceptors (Lipinski definition) is 4. The molecule has 1 heterocycles. The Hall–Kier alpha value is -0.610. The molecular weight excluding hydrogens is 192 g/mol. The molecule has 0 amide bonds. The summed E-state index contributed by atoms with van der Waals surface area (Å²) in [5.74, 6) is 0.197. The lowest BCUT2D eigenvalue weighted by Crippen LogP contribution is -2.63. The third-order valence-electron chi connectivity index (χ3n) is 3.58. The normalized spacial score (nSPS) is 36.3. The van der Waals surface area contributed by atoms with E-state index in [4.69, 9.17) is 4.74 Å². The second-order valence-electron chi connectivity index (χ2n) is 4.74. The van der Waals surface area contributed by atoms with Gasteiger partial charge in [0.15, 0.2) is 0 Å². The third-order valence-corrected chi connectivity index (χ3v) is 3.58. The molecule has 1 saturated heterocycles. The van der Waals surface area contributed by atoms with Gasteiger partial charge >= 0.3 is 5.97 Å². The molecule has 1 aliphatic heterocycles. The fourth-order valence-corrected chi connectivity index (χ4v) is 2.38. The van der Waals surface area contributed by atoms with Crippen LogP contribution in [0.15, 0.2) is 0 Å². The van der Waals surface area contributed by atoms with E-state index in [1.165, 1.54) is 20.0 Å². The quantitative estimate of drug-likeness (QED) is 0.660. The fourth-order valence-electron chi connectivity index (χ4n) is 2.38. The van der Waals surface area contributed by atoms with Gasteiger partial charge in [0.05, 0.1) is 7.11 Å². The van der Waals surface area contributed by atoms with E-state index in [0.717, 1.165) is 19.5 Å². The van der Waals surface area contributed by atoms with Gasteiger partial charge in [-0.15, -0.1) is 0 Å². The van der Waals surface area contributed by atoms with Crippen LogP contribution < -0.4 is 10.6 Å². The van der Waals surface area contributed by atoms with Crippen molar-refractivity contribution in [3.63, 3.8) is 0 Å². The van der Waals surface area contributed by atoms with Gasteiger partial charge in [0, 0.05) is 12.6 Å². The Morgan fingerprint density at radius 2 is 2.27 bits per heavy atom. The summed E-state index contributed by atoms with van der Waals surface area (Å²) in [6.45, 7) is 3.88. The summed E-state index contributed by atoms with van der Waals surface area (Å²) in [6.07, 6.45) is 3.22. The molecule has 2 atom stereocenters. The van der Waals surface area contributed by atoms with Gasteiger partial charge in [-0.05, 0) is 31.7 Å². The summed E-state index contributed by atoms with van der Waals surface area (Å²) < 4.78 is 4.96. The first-order chi connectivity index (χ1) is 7.19. The van der Waals surface area contributed by atoms with Crippen molar-refractivity contribution in [2.45, 2.75) is 37.8 Å². The Labute approximate surface area is 90.8 Å². The summed E-state index contributed by atoms with van der Waals surface area (Å²) in [5, 5.41) is 6.81. The second kappa shape index (κ2) is 4.10. The summed E-state index contributed by atoms with van der Waals surface area (Å²) >= 11 is 0. The first kappa shape index (κ1) is 10.9. The highest BCUT2D eigenvalue weighted by atomic mass is 16.5. The van der Waals surface area contributed by atoms with Crippen LogP contribution in [0.5, 0.6) is 0 Å². The number of esters is 1. The molecule has 4 heteroatoms. The Balaban J connectivity index is 2.14. The predicted molar refractivity (Wildman–Crippen MR) is 57.6 cm³/mol. The molecule has 86 valence electrons.